The number of aromatic nitrogens is 3. The molecule has 0 bridgehead atoms. The molecular formula is C20H16Cl2N4O3S2. The van der Waals surface area contributed by atoms with Gasteiger partial charge in [0.25, 0.3) is 5.91 Å². The van der Waals surface area contributed by atoms with E-state index in [1.54, 1.807) is 17.5 Å². The SMILES string of the molecule is COC(=O)Cc1csc(NC(=O)c2cc3c(C)nn(Cc4ccc(Cl)cc4Cl)c3s2)n1. The maximum absolute atomic E-state index is 12.8. The number of nitrogens with one attached hydrogen (secondary N) is 1. The zero-order valence-electron chi connectivity index (χ0n) is 16.4. The molecule has 0 unspecified atom stereocenters. The van der Waals surface area contributed by atoms with E-state index in [-0.39, 0.29) is 18.3 Å². The number of carbonyl (C=O) groups is 2. The van der Waals surface area contributed by atoms with Crippen LogP contribution in [-0.4, -0.2) is 33.8 Å². The first-order valence-electron chi connectivity index (χ1n) is 9.07. The Balaban J connectivity index is 1.54. The molecule has 1 aromatic carbocycles. The van der Waals surface area contributed by atoms with Gasteiger partial charge in [-0.2, -0.15) is 5.10 Å². The minimum Gasteiger partial charge on any atom is -0.469 e. The fraction of sp³-hybridized carbons (Fsp3) is 0.200. The van der Waals surface area contributed by atoms with Crippen LogP contribution < -0.4 is 5.32 Å². The number of rotatable bonds is 6. The van der Waals surface area contributed by atoms with Crippen LogP contribution in [0, 0.1) is 6.92 Å². The number of esters is 1. The second-order valence-corrected chi connectivity index (χ2v) is 9.39. The molecule has 3 aromatic heterocycles. The smallest absolute Gasteiger partial charge is 0.311 e. The van der Waals surface area contributed by atoms with E-state index >= 15 is 0 Å². The highest BCUT2D eigenvalue weighted by Crippen LogP contribution is 2.31. The number of carbonyl (C=O) groups excluding carboxylic acids is 2. The van der Waals surface area contributed by atoms with Gasteiger partial charge in [-0.3, -0.25) is 19.6 Å². The zero-order chi connectivity index (χ0) is 22.1. The van der Waals surface area contributed by atoms with Gasteiger partial charge in [-0.05, 0) is 30.7 Å². The third-order valence-corrected chi connectivity index (χ3v) is 7.03. The van der Waals surface area contributed by atoms with Crippen molar-refractivity contribution in [3.8, 4) is 0 Å². The Labute approximate surface area is 195 Å². The minimum atomic E-state index is -0.381. The number of ether oxygens (including phenoxy) is 1. The summed E-state index contributed by atoms with van der Waals surface area (Å²) in [4.78, 5) is 29.8. The van der Waals surface area contributed by atoms with Crippen molar-refractivity contribution in [1.82, 2.24) is 14.8 Å². The molecule has 4 rings (SSSR count). The fourth-order valence-corrected chi connectivity index (χ4v) is 5.20. The molecule has 1 N–H and O–H groups in total. The largest absolute Gasteiger partial charge is 0.469 e. The number of thiophene rings is 1. The number of halogens is 2. The number of thiazole rings is 1. The van der Waals surface area contributed by atoms with Crippen LogP contribution in [0.25, 0.3) is 10.2 Å². The highest BCUT2D eigenvalue weighted by atomic mass is 35.5. The molecule has 0 aliphatic carbocycles. The van der Waals surface area contributed by atoms with Crippen LogP contribution in [0.1, 0.15) is 26.6 Å². The first-order chi connectivity index (χ1) is 14.8. The van der Waals surface area contributed by atoms with Crippen LogP contribution in [0.3, 0.4) is 0 Å². The predicted molar refractivity (Wildman–Crippen MR) is 124 cm³/mol. The molecule has 0 aliphatic rings. The van der Waals surface area contributed by atoms with Gasteiger partial charge in [-0.1, -0.05) is 29.3 Å². The van der Waals surface area contributed by atoms with Gasteiger partial charge in [0.1, 0.15) is 4.83 Å². The number of aryl methyl sites for hydroxylation is 1. The van der Waals surface area contributed by atoms with Gasteiger partial charge >= 0.3 is 5.97 Å². The number of amides is 1. The zero-order valence-corrected chi connectivity index (χ0v) is 19.6. The molecule has 11 heteroatoms. The Morgan fingerprint density at radius 1 is 1.26 bits per heavy atom. The number of hydrogen-bond donors (Lipinski definition) is 1. The molecule has 0 atom stereocenters. The average molecular weight is 495 g/mol. The van der Waals surface area contributed by atoms with E-state index in [2.05, 4.69) is 20.1 Å². The molecule has 0 saturated heterocycles. The first kappa shape index (κ1) is 21.8. The minimum absolute atomic E-state index is 0.0635. The molecule has 160 valence electrons. The van der Waals surface area contributed by atoms with E-state index in [1.165, 1.54) is 29.8 Å². The van der Waals surface area contributed by atoms with Gasteiger partial charge in [-0.15, -0.1) is 22.7 Å². The Morgan fingerprint density at radius 2 is 2.06 bits per heavy atom. The van der Waals surface area contributed by atoms with Crippen LogP contribution in [0.5, 0.6) is 0 Å². The summed E-state index contributed by atoms with van der Waals surface area (Å²) in [5, 5.41) is 11.6. The Morgan fingerprint density at radius 3 is 2.81 bits per heavy atom. The molecule has 0 radical (unpaired) electrons. The molecule has 0 aliphatic heterocycles. The maximum atomic E-state index is 12.8. The topological polar surface area (TPSA) is 86.1 Å². The van der Waals surface area contributed by atoms with Crippen molar-refractivity contribution in [2.75, 3.05) is 12.4 Å². The summed E-state index contributed by atoms with van der Waals surface area (Å²) in [6, 6.07) is 7.16. The third-order valence-electron chi connectivity index (χ3n) is 4.49. The second-order valence-electron chi connectivity index (χ2n) is 6.66. The molecule has 0 spiro atoms. The summed E-state index contributed by atoms with van der Waals surface area (Å²) in [6.45, 7) is 2.36. The lowest BCUT2D eigenvalue weighted by molar-refractivity contribution is -0.139. The van der Waals surface area contributed by atoms with Gasteiger partial charge in [0.05, 0.1) is 36.3 Å². The lowest BCUT2D eigenvalue weighted by Crippen LogP contribution is -2.10. The Kier molecular flexibility index (Phi) is 6.29. The summed E-state index contributed by atoms with van der Waals surface area (Å²) in [7, 11) is 1.32. The summed E-state index contributed by atoms with van der Waals surface area (Å²) < 4.78 is 6.47. The number of fused-ring (bicyclic) bond motifs is 1. The van der Waals surface area contributed by atoms with Crippen molar-refractivity contribution in [3.63, 3.8) is 0 Å². The average Bonchev–Trinajstić information content (AvgIpc) is 3.42. The number of nitrogens with zero attached hydrogens (tertiary/aromatic N) is 3. The van der Waals surface area contributed by atoms with E-state index in [0.717, 1.165) is 21.5 Å². The molecule has 3 heterocycles. The molecule has 4 aromatic rings. The standard InChI is InChI=1S/C20H16Cl2N4O3S2/c1-10-14-7-16(18(28)24-20-23-13(9-30-20)6-17(27)29-2)31-19(14)26(25-10)8-11-3-4-12(21)5-15(11)22/h3-5,7,9H,6,8H2,1-2H3,(H,23,24,28). The van der Waals surface area contributed by atoms with Crippen molar-refractivity contribution >= 4 is 73.1 Å². The van der Waals surface area contributed by atoms with Crippen LogP contribution in [0.4, 0.5) is 5.13 Å². The number of benzene rings is 1. The fourth-order valence-electron chi connectivity index (χ4n) is 2.97. The normalized spacial score (nSPS) is 11.1. The molecule has 0 fully saturated rings. The van der Waals surface area contributed by atoms with E-state index in [9.17, 15) is 9.59 Å². The lowest BCUT2D eigenvalue weighted by Gasteiger charge is -2.06. The number of hydrogen-bond acceptors (Lipinski definition) is 7. The Hall–Kier alpha value is -2.46. The monoisotopic (exact) mass is 494 g/mol. The Bertz CT molecular complexity index is 1300. The van der Waals surface area contributed by atoms with E-state index < -0.39 is 0 Å². The number of anilines is 1. The van der Waals surface area contributed by atoms with Crippen molar-refractivity contribution in [3.05, 3.63) is 61.5 Å². The van der Waals surface area contributed by atoms with E-state index in [4.69, 9.17) is 23.2 Å². The first-order valence-corrected chi connectivity index (χ1v) is 11.5. The van der Waals surface area contributed by atoms with Gasteiger partial charge in [0, 0.05) is 20.8 Å². The van der Waals surface area contributed by atoms with E-state index in [1.807, 2.05) is 23.7 Å². The van der Waals surface area contributed by atoms with Crippen molar-refractivity contribution < 1.29 is 14.3 Å². The van der Waals surface area contributed by atoms with Gasteiger partial charge in [0.15, 0.2) is 5.13 Å². The highest BCUT2D eigenvalue weighted by molar-refractivity contribution is 7.20. The summed E-state index contributed by atoms with van der Waals surface area (Å²) >= 11 is 14.9. The van der Waals surface area contributed by atoms with Gasteiger partial charge in [0.2, 0.25) is 0 Å². The van der Waals surface area contributed by atoms with Gasteiger partial charge in [-0.25, -0.2) is 4.98 Å². The van der Waals surface area contributed by atoms with Crippen LogP contribution >= 0.6 is 45.9 Å². The molecule has 7 nitrogen and oxygen atoms in total. The van der Waals surface area contributed by atoms with Crippen molar-refractivity contribution in [2.24, 2.45) is 0 Å². The third kappa shape index (κ3) is 4.74. The molecular weight excluding hydrogens is 479 g/mol. The van der Waals surface area contributed by atoms with Crippen LogP contribution in [0.2, 0.25) is 10.0 Å². The quantitative estimate of drug-likeness (QED) is 0.373. The van der Waals surface area contributed by atoms with E-state index in [0.29, 0.717) is 32.3 Å². The summed E-state index contributed by atoms with van der Waals surface area (Å²) in [6.07, 6.45) is 0.0635. The molecule has 31 heavy (non-hydrogen) atoms. The predicted octanol–water partition coefficient (Wildman–Crippen LogP) is 5.19. The highest BCUT2D eigenvalue weighted by Gasteiger charge is 2.18. The second kappa shape index (κ2) is 8.96. The van der Waals surface area contributed by atoms with Crippen molar-refractivity contribution in [2.45, 2.75) is 19.9 Å². The van der Waals surface area contributed by atoms with Crippen LogP contribution in [-0.2, 0) is 22.5 Å². The summed E-state index contributed by atoms with van der Waals surface area (Å²) in [5.74, 6) is -0.649. The van der Waals surface area contributed by atoms with Crippen molar-refractivity contribution in [1.29, 1.82) is 0 Å². The lowest BCUT2D eigenvalue weighted by atomic mass is 10.2. The number of methoxy groups -OCH3 is 1. The summed E-state index contributed by atoms with van der Waals surface area (Å²) in [5.41, 5.74) is 2.26. The van der Waals surface area contributed by atoms with Gasteiger partial charge < -0.3 is 4.74 Å². The molecule has 1 amide bonds. The maximum Gasteiger partial charge on any atom is 0.311 e. The van der Waals surface area contributed by atoms with Crippen LogP contribution in [0.15, 0.2) is 29.6 Å². The molecule has 0 saturated carbocycles.